The van der Waals surface area contributed by atoms with E-state index in [1.807, 2.05) is 13.8 Å². The molecule has 1 aromatic rings. The first-order valence-electron chi connectivity index (χ1n) is 6.23. The maximum absolute atomic E-state index is 12.0. The molecule has 1 rings (SSSR count). The summed E-state index contributed by atoms with van der Waals surface area (Å²) in [6, 6.07) is 5.35. The summed E-state index contributed by atoms with van der Waals surface area (Å²) >= 11 is 0. The van der Waals surface area contributed by atoms with Gasteiger partial charge in [0.05, 0.1) is 6.61 Å². The van der Waals surface area contributed by atoms with E-state index in [0.717, 1.165) is 11.3 Å². The van der Waals surface area contributed by atoms with Gasteiger partial charge in [0.25, 0.3) is 0 Å². The number of carbonyl (C=O) groups is 1. The molecule has 0 spiro atoms. The summed E-state index contributed by atoms with van der Waals surface area (Å²) in [6.45, 7) is 9.84. The van der Waals surface area contributed by atoms with Crippen LogP contribution in [0.15, 0.2) is 18.2 Å². The second-order valence-corrected chi connectivity index (χ2v) is 5.47. The van der Waals surface area contributed by atoms with Crippen molar-refractivity contribution in [3.05, 3.63) is 29.3 Å². The molecule has 0 radical (unpaired) electrons. The number of hydrogen-bond acceptors (Lipinski definition) is 3. The van der Waals surface area contributed by atoms with Crippen LogP contribution in [0, 0.1) is 12.3 Å². The molecule has 0 saturated heterocycles. The van der Waals surface area contributed by atoms with Gasteiger partial charge in [0.15, 0.2) is 5.78 Å². The van der Waals surface area contributed by atoms with E-state index in [1.54, 1.807) is 39.0 Å². The zero-order valence-corrected chi connectivity index (χ0v) is 11.8. The highest BCUT2D eigenvalue weighted by molar-refractivity contribution is 5.88. The van der Waals surface area contributed by atoms with Crippen LogP contribution in [-0.4, -0.2) is 17.5 Å². The van der Waals surface area contributed by atoms with Crippen molar-refractivity contribution in [3.8, 4) is 5.75 Å². The zero-order valence-electron chi connectivity index (χ0n) is 11.8. The van der Waals surface area contributed by atoms with Gasteiger partial charge in [0.2, 0.25) is 0 Å². The number of Topliss-reactive ketones (excluding diaryl/α,β-unsaturated/α-hetero) is 1. The second-order valence-electron chi connectivity index (χ2n) is 5.47. The number of ether oxygens (including phenoxy) is 1. The Morgan fingerprint density at radius 2 is 2.00 bits per heavy atom. The Labute approximate surface area is 109 Å². The van der Waals surface area contributed by atoms with Gasteiger partial charge in [0, 0.05) is 5.41 Å². The summed E-state index contributed by atoms with van der Waals surface area (Å²) in [5.74, 6) is 0.614. The zero-order chi connectivity index (χ0) is 13.9. The molecular weight excluding hydrogens is 228 g/mol. The minimum Gasteiger partial charge on any atom is -0.494 e. The van der Waals surface area contributed by atoms with Gasteiger partial charge in [-0.05, 0) is 37.1 Å². The minimum atomic E-state index is -1.07. The van der Waals surface area contributed by atoms with Crippen molar-refractivity contribution >= 4 is 5.78 Å². The van der Waals surface area contributed by atoms with Gasteiger partial charge in [-0.3, -0.25) is 4.79 Å². The van der Waals surface area contributed by atoms with Crippen LogP contribution in [-0.2, 0) is 4.79 Å². The number of hydrogen-bond donors (Lipinski definition) is 1. The molecule has 0 bridgehead atoms. The van der Waals surface area contributed by atoms with Crippen LogP contribution in [0.1, 0.15) is 44.9 Å². The molecule has 3 nitrogen and oxygen atoms in total. The Morgan fingerprint density at radius 1 is 1.39 bits per heavy atom. The summed E-state index contributed by atoms with van der Waals surface area (Å²) in [6.07, 6.45) is -1.07. The topological polar surface area (TPSA) is 46.5 Å². The maximum atomic E-state index is 12.0. The Morgan fingerprint density at radius 3 is 2.44 bits per heavy atom. The van der Waals surface area contributed by atoms with E-state index >= 15 is 0 Å². The molecule has 0 aliphatic heterocycles. The predicted octanol–water partition coefficient (Wildman–Crippen LogP) is 3.04. The molecule has 1 unspecified atom stereocenters. The summed E-state index contributed by atoms with van der Waals surface area (Å²) in [4.78, 5) is 12.0. The lowest BCUT2D eigenvalue weighted by atomic mass is 9.85. The average Bonchev–Trinajstić information content (AvgIpc) is 2.29. The highest BCUT2D eigenvalue weighted by Gasteiger charge is 2.29. The Bertz CT molecular complexity index is 430. The molecule has 0 aliphatic carbocycles. The Balaban J connectivity index is 2.98. The largest absolute Gasteiger partial charge is 0.494 e. The van der Waals surface area contributed by atoms with E-state index < -0.39 is 11.5 Å². The van der Waals surface area contributed by atoms with Crippen LogP contribution in [0.4, 0.5) is 0 Å². The molecule has 3 heteroatoms. The molecule has 1 N–H and O–H groups in total. The van der Waals surface area contributed by atoms with E-state index in [0.29, 0.717) is 12.2 Å². The molecule has 0 fully saturated rings. The maximum Gasteiger partial charge on any atom is 0.171 e. The third kappa shape index (κ3) is 3.33. The Kier molecular flexibility index (Phi) is 4.52. The number of aryl methyl sites for hydroxylation is 1. The summed E-state index contributed by atoms with van der Waals surface area (Å²) in [5, 5.41) is 10.1. The number of ketones is 1. The summed E-state index contributed by atoms with van der Waals surface area (Å²) < 4.78 is 5.43. The molecule has 1 aromatic carbocycles. The number of aliphatic hydroxyl groups is 1. The smallest absolute Gasteiger partial charge is 0.171 e. The van der Waals surface area contributed by atoms with E-state index in [2.05, 4.69) is 0 Å². The molecule has 1 atom stereocenters. The average molecular weight is 250 g/mol. The summed E-state index contributed by atoms with van der Waals surface area (Å²) in [5.41, 5.74) is 0.998. The fourth-order valence-corrected chi connectivity index (χ4v) is 1.72. The third-order valence-electron chi connectivity index (χ3n) is 2.80. The predicted molar refractivity (Wildman–Crippen MR) is 71.8 cm³/mol. The standard InChI is InChI=1S/C15H22O3/c1-6-18-12-8-7-11(9-10(12)2)13(16)14(17)15(3,4)5/h7-9,13,16H,6H2,1-5H3. The van der Waals surface area contributed by atoms with Crippen LogP contribution in [0.5, 0.6) is 5.75 Å². The first kappa shape index (κ1) is 14.7. The summed E-state index contributed by atoms with van der Waals surface area (Å²) in [7, 11) is 0. The second kappa shape index (κ2) is 5.53. The normalized spacial score (nSPS) is 13.2. The SMILES string of the molecule is CCOc1ccc(C(O)C(=O)C(C)(C)C)cc1C. The molecule has 0 aliphatic rings. The van der Waals surface area contributed by atoms with Gasteiger partial charge < -0.3 is 9.84 Å². The van der Waals surface area contributed by atoms with Crippen LogP contribution >= 0.6 is 0 Å². The fourth-order valence-electron chi connectivity index (χ4n) is 1.72. The van der Waals surface area contributed by atoms with Gasteiger partial charge in [-0.15, -0.1) is 0 Å². The van der Waals surface area contributed by atoms with Gasteiger partial charge in [-0.1, -0.05) is 26.8 Å². The van der Waals surface area contributed by atoms with Gasteiger partial charge in [-0.25, -0.2) is 0 Å². The lowest BCUT2D eigenvalue weighted by Gasteiger charge is -2.21. The Hall–Kier alpha value is -1.35. The van der Waals surface area contributed by atoms with Gasteiger partial charge in [-0.2, -0.15) is 0 Å². The van der Waals surface area contributed by atoms with Crippen LogP contribution in [0.2, 0.25) is 0 Å². The fraction of sp³-hybridized carbons (Fsp3) is 0.533. The van der Waals surface area contributed by atoms with Gasteiger partial charge in [0.1, 0.15) is 11.9 Å². The van der Waals surface area contributed by atoms with E-state index in [4.69, 9.17) is 4.74 Å². The van der Waals surface area contributed by atoms with Crippen LogP contribution < -0.4 is 4.74 Å². The molecule has 0 saturated carbocycles. The number of benzene rings is 1. The first-order valence-corrected chi connectivity index (χ1v) is 6.23. The molecular formula is C15H22O3. The van der Waals surface area contributed by atoms with Crippen molar-refractivity contribution in [2.24, 2.45) is 5.41 Å². The van der Waals surface area contributed by atoms with E-state index in [-0.39, 0.29) is 5.78 Å². The lowest BCUT2D eigenvalue weighted by molar-refractivity contribution is -0.135. The van der Waals surface area contributed by atoms with Crippen molar-refractivity contribution in [1.29, 1.82) is 0 Å². The first-order chi connectivity index (χ1) is 8.27. The molecule has 100 valence electrons. The molecule has 0 amide bonds. The van der Waals surface area contributed by atoms with Gasteiger partial charge >= 0.3 is 0 Å². The quantitative estimate of drug-likeness (QED) is 0.893. The number of rotatable bonds is 4. The van der Waals surface area contributed by atoms with Crippen LogP contribution in [0.3, 0.4) is 0 Å². The van der Waals surface area contributed by atoms with Crippen LogP contribution in [0.25, 0.3) is 0 Å². The monoisotopic (exact) mass is 250 g/mol. The lowest BCUT2D eigenvalue weighted by Crippen LogP contribution is -2.26. The third-order valence-corrected chi connectivity index (χ3v) is 2.80. The highest BCUT2D eigenvalue weighted by atomic mass is 16.5. The van der Waals surface area contributed by atoms with Crippen molar-refractivity contribution in [2.45, 2.75) is 40.7 Å². The number of carbonyl (C=O) groups excluding carboxylic acids is 1. The van der Waals surface area contributed by atoms with E-state index in [9.17, 15) is 9.90 Å². The molecule has 0 aromatic heterocycles. The number of aliphatic hydroxyl groups excluding tert-OH is 1. The molecule has 18 heavy (non-hydrogen) atoms. The van der Waals surface area contributed by atoms with Crippen molar-refractivity contribution < 1.29 is 14.6 Å². The van der Waals surface area contributed by atoms with E-state index in [1.165, 1.54) is 0 Å². The molecule has 0 heterocycles. The van der Waals surface area contributed by atoms with Crippen molar-refractivity contribution in [2.75, 3.05) is 6.61 Å². The minimum absolute atomic E-state index is 0.175. The van der Waals surface area contributed by atoms with Crippen molar-refractivity contribution in [1.82, 2.24) is 0 Å². The van der Waals surface area contributed by atoms with Crippen molar-refractivity contribution in [3.63, 3.8) is 0 Å². The highest BCUT2D eigenvalue weighted by Crippen LogP contribution is 2.28.